The first-order chi connectivity index (χ1) is 24.2. The summed E-state index contributed by atoms with van der Waals surface area (Å²) in [7, 11) is 0. The van der Waals surface area contributed by atoms with Gasteiger partial charge in [-0.2, -0.15) is 0 Å². The molecule has 0 bridgehead atoms. The Bertz CT molecular complexity index is 1550. The third kappa shape index (κ3) is 17.0. The van der Waals surface area contributed by atoms with Crippen molar-refractivity contribution in [1.29, 1.82) is 0 Å². The van der Waals surface area contributed by atoms with E-state index in [-0.39, 0.29) is 29.8 Å². The average Bonchev–Trinajstić information content (AvgIpc) is 3.02. The van der Waals surface area contributed by atoms with Crippen molar-refractivity contribution in [3.8, 4) is 0 Å². The molecular formula is C36H46F4N6O5. The lowest BCUT2D eigenvalue weighted by molar-refractivity contribution is -0.142. The second kappa shape index (κ2) is 22.0. The molecule has 1 heterocycles. The van der Waals surface area contributed by atoms with Crippen molar-refractivity contribution >= 4 is 29.5 Å². The van der Waals surface area contributed by atoms with Gasteiger partial charge in [0.25, 0.3) is 0 Å². The molecule has 3 amide bonds. The lowest BCUT2D eigenvalue weighted by Gasteiger charge is -2.17. The van der Waals surface area contributed by atoms with Crippen LogP contribution in [-0.4, -0.2) is 57.4 Å². The zero-order valence-electron chi connectivity index (χ0n) is 29.2. The van der Waals surface area contributed by atoms with Gasteiger partial charge in [-0.25, -0.2) is 27.3 Å². The second-order valence-electron chi connectivity index (χ2n) is 12.3. The Hall–Kier alpha value is -4.92. The molecular weight excluding hydrogens is 672 g/mol. The van der Waals surface area contributed by atoms with Crippen molar-refractivity contribution in [1.82, 2.24) is 25.9 Å². The number of halogens is 4. The van der Waals surface area contributed by atoms with E-state index in [4.69, 9.17) is 5.11 Å². The second-order valence-corrected chi connectivity index (χ2v) is 12.3. The van der Waals surface area contributed by atoms with Gasteiger partial charge in [0.05, 0.1) is 30.9 Å². The first kappa shape index (κ1) is 42.2. The van der Waals surface area contributed by atoms with Crippen LogP contribution in [0.1, 0.15) is 76.6 Å². The van der Waals surface area contributed by atoms with E-state index in [1.807, 2.05) is 6.92 Å². The fraction of sp³-hybridized carbons (Fsp3) is 0.444. The lowest BCUT2D eigenvalue weighted by atomic mass is 10.1. The van der Waals surface area contributed by atoms with Gasteiger partial charge in [-0.15, -0.1) is 0 Å². The van der Waals surface area contributed by atoms with Gasteiger partial charge in [0.2, 0.25) is 17.7 Å². The lowest BCUT2D eigenvalue weighted by Crippen LogP contribution is -2.44. The minimum atomic E-state index is -1.12. The number of hydrogen-bond donors (Lipinski definition) is 5. The highest BCUT2D eigenvalue weighted by Gasteiger charge is 2.21. The molecule has 0 aliphatic carbocycles. The van der Waals surface area contributed by atoms with Crippen LogP contribution >= 0.6 is 0 Å². The molecule has 3 aromatic rings. The number of carboxylic acids is 1. The number of hydrogen-bond acceptors (Lipinski definition) is 7. The number of anilines is 1. The van der Waals surface area contributed by atoms with Crippen LogP contribution in [-0.2, 0) is 38.6 Å². The molecule has 0 saturated heterocycles. The normalized spacial score (nSPS) is 11.9. The predicted molar refractivity (Wildman–Crippen MR) is 183 cm³/mol. The molecule has 2 aromatic carbocycles. The van der Waals surface area contributed by atoms with E-state index in [0.717, 1.165) is 49.0 Å². The molecule has 51 heavy (non-hydrogen) atoms. The van der Waals surface area contributed by atoms with Gasteiger partial charge in [0, 0.05) is 18.7 Å². The maximum Gasteiger partial charge on any atom is 0.326 e. The van der Waals surface area contributed by atoms with Crippen molar-refractivity contribution in [3.63, 3.8) is 0 Å². The van der Waals surface area contributed by atoms with Crippen LogP contribution < -0.4 is 21.3 Å². The van der Waals surface area contributed by atoms with Gasteiger partial charge < -0.3 is 26.4 Å². The maximum atomic E-state index is 13.3. The number of benzene rings is 2. The quantitative estimate of drug-likeness (QED) is 0.0882. The number of rotatable bonds is 18. The molecule has 0 saturated carbocycles. The minimum Gasteiger partial charge on any atom is -0.480 e. The van der Waals surface area contributed by atoms with Crippen LogP contribution in [0.15, 0.2) is 48.8 Å². The van der Waals surface area contributed by atoms with Crippen LogP contribution in [0.4, 0.5) is 23.4 Å². The maximum absolute atomic E-state index is 13.3. The zero-order valence-corrected chi connectivity index (χ0v) is 29.2. The van der Waals surface area contributed by atoms with Crippen LogP contribution in [0.25, 0.3) is 0 Å². The highest BCUT2D eigenvalue weighted by atomic mass is 19.1. The number of aliphatic carboxylic acids is 1. The summed E-state index contributed by atoms with van der Waals surface area (Å²) in [4.78, 5) is 55.9. The Morgan fingerprint density at radius 2 is 1.20 bits per heavy atom. The highest BCUT2D eigenvalue weighted by molar-refractivity contribution is 5.96. The van der Waals surface area contributed by atoms with E-state index in [1.54, 1.807) is 13.1 Å². The summed E-state index contributed by atoms with van der Waals surface area (Å²) in [6, 6.07) is 3.93. The van der Waals surface area contributed by atoms with Gasteiger partial charge in [0.15, 0.2) is 5.82 Å². The largest absolute Gasteiger partial charge is 0.480 e. The SMILES string of the molecule is CCCC(NC(=O)Cc1cc(F)cc(F)c1)C(=O)Nc1cnc(CNCCC(C)C)cn1.CCCC(NC(=O)Cc1cc(F)cc(F)c1)C(=O)O. The summed E-state index contributed by atoms with van der Waals surface area (Å²) in [6.45, 7) is 9.48. The van der Waals surface area contributed by atoms with E-state index in [2.05, 4.69) is 45.1 Å². The molecule has 11 nitrogen and oxygen atoms in total. The molecule has 15 heteroatoms. The number of carbonyl (C=O) groups excluding carboxylic acids is 3. The first-order valence-electron chi connectivity index (χ1n) is 16.7. The molecule has 278 valence electrons. The number of carbonyl (C=O) groups is 4. The summed E-state index contributed by atoms with van der Waals surface area (Å²) in [6.07, 6.45) is 5.59. The van der Waals surface area contributed by atoms with Crippen molar-refractivity contribution < 1.29 is 41.8 Å². The molecule has 2 unspecified atom stereocenters. The van der Waals surface area contributed by atoms with Gasteiger partial charge in [-0.05, 0) is 67.1 Å². The fourth-order valence-electron chi connectivity index (χ4n) is 4.72. The van der Waals surface area contributed by atoms with Gasteiger partial charge in [-0.1, -0.05) is 40.5 Å². The number of nitrogens with one attached hydrogen (secondary N) is 4. The van der Waals surface area contributed by atoms with Crippen LogP contribution in [0, 0.1) is 29.2 Å². The molecule has 0 aliphatic rings. The third-order valence-electron chi connectivity index (χ3n) is 7.17. The van der Waals surface area contributed by atoms with Crippen molar-refractivity contribution in [2.75, 3.05) is 11.9 Å². The Kier molecular flexibility index (Phi) is 18.2. The number of nitrogens with zero attached hydrogens (tertiary/aromatic N) is 2. The zero-order chi connectivity index (χ0) is 37.9. The van der Waals surface area contributed by atoms with Crippen molar-refractivity contribution in [2.24, 2.45) is 5.92 Å². The standard InChI is InChI=1S/C23H31F2N5O2.C13H15F2NO3/c1-4-5-20(29-22(31)10-16-8-17(24)11-18(25)9-16)23(32)30-21-14-27-19(13-28-21)12-26-7-6-15(2)3;1-2-3-11(13(18)19)16-12(17)6-8-4-9(14)7-10(15)5-8/h8-9,11,13-15,20,26H,4-7,10,12H2,1-3H3,(H,29,31)(H,28,30,32);4-5,7,11H,2-3,6H2,1H3,(H,16,17)(H,18,19). The van der Waals surface area contributed by atoms with E-state index in [1.165, 1.54) is 6.20 Å². The van der Waals surface area contributed by atoms with E-state index < -0.39 is 59.0 Å². The molecule has 5 N–H and O–H groups in total. The van der Waals surface area contributed by atoms with Crippen LogP contribution in [0.2, 0.25) is 0 Å². The van der Waals surface area contributed by atoms with Crippen molar-refractivity contribution in [3.05, 3.63) is 88.9 Å². The Labute approximate surface area is 295 Å². The van der Waals surface area contributed by atoms with E-state index in [0.29, 0.717) is 44.2 Å². The third-order valence-corrected chi connectivity index (χ3v) is 7.17. The van der Waals surface area contributed by atoms with Crippen molar-refractivity contribution in [2.45, 2.75) is 91.3 Å². The Morgan fingerprint density at radius 1 is 0.706 bits per heavy atom. The molecule has 0 fully saturated rings. The number of aromatic nitrogens is 2. The fourth-order valence-corrected chi connectivity index (χ4v) is 4.72. The predicted octanol–water partition coefficient (Wildman–Crippen LogP) is 5.23. The molecule has 3 rings (SSSR count). The average molecular weight is 719 g/mol. The molecule has 1 aromatic heterocycles. The van der Waals surface area contributed by atoms with Crippen LogP contribution in [0.5, 0.6) is 0 Å². The molecule has 2 atom stereocenters. The summed E-state index contributed by atoms with van der Waals surface area (Å²) >= 11 is 0. The molecule has 0 spiro atoms. The Morgan fingerprint density at radius 3 is 1.63 bits per heavy atom. The summed E-state index contributed by atoms with van der Waals surface area (Å²) < 4.78 is 52.5. The number of carboxylic acid groups (broad SMARTS) is 1. The van der Waals surface area contributed by atoms with Gasteiger partial charge in [0.1, 0.15) is 35.4 Å². The van der Waals surface area contributed by atoms with E-state index in [9.17, 15) is 36.7 Å². The number of amides is 3. The summed E-state index contributed by atoms with van der Waals surface area (Å²) in [5.74, 6) is -4.79. The summed E-state index contributed by atoms with van der Waals surface area (Å²) in [5.41, 5.74) is 1.11. The highest BCUT2D eigenvalue weighted by Crippen LogP contribution is 2.11. The van der Waals surface area contributed by atoms with Crippen LogP contribution in [0.3, 0.4) is 0 Å². The van der Waals surface area contributed by atoms with E-state index >= 15 is 0 Å². The topological polar surface area (TPSA) is 162 Å². The minimum absolute atomic E-state index is 0.163. The monoisotopic (exact) mass is 718 g/mol. The first-order valence-corrected chi connectivity index (χ1v) is 16.7. The Balaban J connectivity index is 0.000000404. The van der Waals surface area contributed by atoms with Gasteiger partial charge in [-0.3, -0.25) is 19.4 Å². The molecule has 0 aliphatic heterocycles. The molecule has 0 radical (unpaired) electrons. The smallest absolute Gasteiger partial charge is 0.326 e. The van der Waals surface area contributed by atoms with Gasteiger partial charge >= 0.3 is 5.97 Å². The summed E-state index contributed by atoms with van der Waals surface area (Å²) in [5, 5.41) is 19.8.